The molecule has 1 amide bonds. The number of rotatable bonds is 8. The van der Waals surface area contributed by atoms with E-state index in [0.717, 1.165) is 11.4 Å². The minimum absolute atomic E-state index is 0.000810. The number of methoxy groups -OCH3 is 3. The summed E-state index contributed by atoms with van der Waals surface area (Å²) in [5.74, 6) is 1.25. The summed E-state index contributed by atoms with van der Waals surface area (Å²) in [5, 5.41) is 0. The molecule has 0 aromatic heterocycles. The lowest BCUT2D eigenvalue weighted by atomic mass is 10.2. The molecule has 1 aliphatic rings. The Labute approximate surface area is 188 Å². The van der Waals surface area contributed by atoms with Crippen LogP contribution in [-0.4, -0.2) is 72.8 Å². The first kappa shape index (κ1) is 23.7. The lowest BCUT2D eigenvalue weighted by Gasteiger charge is -2.37. The monoisotopic (exact) mass is 463 g/mol. The molecule has 2 aromatic carbocycles. The maximum atomic E-state index is 12.9. The van der Waals surface area contributed by atoms with Gasteiger partial charge in [0, 0.05) is 37.9 Å². The first-order valence-electron chi connectivity index (χ1n) is 10.2. The Morgan fingerprint density at radius 2 is 1.53 bits per heavy atom. The largest absolute Gasteiger partial charge is 0.497 e. The van der Waals surface area contributed by atoms with Crippen molar-refractivity contribution in [2.24, 2.45) is 0 Å². The normalized spacial score (nSPS) is 15.2. The smallest absolute Gasteiger partial charge is 0.241 e. The number of hydrogen-bond acceptors (Lipinski definition) is 7. The van der Waals surface area contributed by atoms with Crippen molar-refractivity contribution in [3.63, 3.8) is 0 Å². The number of carbonyl (C=O) groups excluding carboxylic acids is 1. The summed E-state index contributed by atoms with van der Waals surface area (Å²) >= 11 is 0. The van der Waals surface area contributed by atoms with E-state index in [1.165, 1.54) is 32.4 Å². The van der Waals surface area contributed by atoms with Crippen LogP contribution in [-0.2, 0) is 14.8 Å². The van der Waals surface area contributed by atoms with Crippen LogP contribution in [0.25, 0.3) is 0 Å². The Bertz CT molecular complexity index is 1030. The van der Waals surface area contributed by atoms with Crippen LogP contribution in [0, 0.1) is 0 Å². The predicted molar refractivity (Wildman–Crippen MR) is 121 cm³/mol. The van der Waals surface area contributed by atoms with Gasteiger partial charge in [0.05, 0.1) is 32.3 Å². The summed E-state index contributed by atoms with van der Waals surface area (Å²) in [6.07, 6.45) is 0. The lowest BCUT2D eigenvalue weighted by Crippen LogP contribution is -2.54. The van der Waals surface area contributed by atoms with E-state index in [1.54, 1.807) is 18.9 Å². The van der Waals surface area contributed by atoms with Crippen molar-refractivity contribution in [1.29, 1.82) is 0 Å². The van der Waals surface area contributed by atoms with Gasteiger partial charge in [-0.05, 0) is 43.3 Å². The van der Waals surface area contributed by atoms with Gasteiger partial charge in [-0.3, -0.25) is 4.79 Å². The molecular formula is C22H29N3O6S. The molecule has 0 saturated carbocycles. The molecule has 1 saturated heterocycles. The number of piperazine rings is 1. The van der Waals surface area contributed by atoms with Crippen LogP contribution in [0.5, 0.6) is 17.2 Å². The molecule has 9 nitrogen and oxygen atoms in total. The van der Waals surface area contributed by atoms with Crippen molar-refractivity contribution in [1.82, 2.24) is 9.62 Å². The quantitative estimate of drug-likeness (QED) is 0.637. The number of amides is 1. The Balaban J connectivity index is 1.61. The minimum Gasteiger partial charge on any atom is -0.497 e. The Morgan fingerprint density at radius 1 is 0.906 bits per heavy atom. The summed E-state index contributed by atoms with van der Waals surface area (Å²) in [6.45, 7) is 3.89. The zero-order chi connectivity index (χ0) is 23.3. The average molecular weight is 464 g/mol. The van der Waals surface area contributed by atoms with E-state index < -0.39 is 16.1 Å². The van der Waals surface area contributed by atoms with Crippen LogP contribution in [0.15, 0.2) is 47.4 Å². The van der Waals surface area contributed by atoms with Gasteiger partial charge in [0.1, 0.15) is 5.75 Å². The number of benzene rings is 2. The van der Waals surface area contributed by atoms with Crippen LogP contribution in [0.2, 0.25) is 0 Å². The molecule has 1 N–H and O–H groups in total. The third-order valence-corrected chi connectivity index (χ3v) is 6.93. The van der Waals surface area contributed by atoms with Crippen LogP contribution < -0.4 is 23.8 Å². The van der Waals surface area contributed by atoms with Gasteiger partial charge >= 0.3 is 0 Å². The fourth-order valence-corrected chi connectivity index (χ4v) is 4.80. The highest BCUT2D eigenvalue weighted by molar-refractivity contribution is 7.89. The molecule has 0 radical (unpaired) electrons. The number of hydrogen-bond donors (Lipinski definition) is 1. The molecule has 1 heterocycles. The SMILES string of the molecule is COc1ccc(N2CCN(C(=O)[C@H](C)NS(=O)(=O)c3ccc(OC)c(OC)c3)CC2)cc1. The zero-order valence-electron chi connectivity index (χ0n) is 18.7. The van der Waals surface area contributed by atoms with E-state index in [-0.39, 0.29) is 10.8 Å². The van der Waals surface area contributed by atoms with Crippen molar-refractivity contribution in [2.75, 3.05) is 52.4 Å². The van der Waals surface area contributed by atoms with Gasteiger partial charge in [0.2, 0.25) is 15.9 Å². The summed E-state index contributed by atoms with van der Waals surface area (Å²) in [4.78, 5) is 16.7. The molecular weight excluding hydrogens is 434 g/mol. The maximum absolute atomic E-state index is 12.9. The van der Waals surface area contributed by atoms with Crippen LogP contribution in [0.3, 0.4) is 0 Å². The number of carbonyl (C=O) groups is 1. The highest BCUT2D eigenvalue weighted by Crippen LogP contribution is 2.29. The summed E-state index contributed by atoms with van der Waals surface area (Å²) in [7, 11) is 0.610. The minimum atomic E-state index is -3.92. The van der Waals surface area contributed by atoms with E-state index in [4.69, 9.17) is 14.2 Å². The third kappa shape index (κ3) is 5.25. The number of sulfonamides is 1. The fourth-order valence-electron chi connectivity index (χ4n) is 3.59. The van der Waals surface area contributed by atoms with Gasteiger partial charge < -0.3 is 24.0 Å². The molecule has 32 heavy (non-hydrogen) atoms. The first-order chi connectivity index (χ1) is 15.3. The summed E-state index contributed by atoms with van der Waals surface area (Å²) in [5.41, 5.74) is 1.06. The molecule has 174 valence electrons. The first-order valence-corrected chi connectivity index (χ1v) is 11.7. The highest BCUT2D eigenvalue weighted by atomic mass is 32.2. The summed E-state index contributed by atoms with van der Waals surface area (Å²) in [6, 6.07) is 11.2. The molecule has 0 spiro atoms. The lowest BCUT2D eigenvalue weighted by molar-refractivity contribution is -0.132. The number of nitrogens with zero attached hydrogens (tertiary/aromatic N) is 2. The molecule has 2 aromatic rings. The van der Waals surface area contributed by atoms with Gasteiger partial charge in [0.25, 0.3) is 0 Å². The van der Waals surface area contributed by atoms with Crippen molar-refractivity contribution in [2.45, 2.75) is 17.9 Å². The van der Waals surface area contributed by atoms with Gasteiger partial charge in [-0.2, -0.15) is 4.72 Å². The van der Waals surface area contributed by atoms with Gasteiger partial charge in [-0.15, -0.1) is 0 Å². The van der Waals surface area contributed by atoms with E-state index in [0.29, 0.717) is 37.7 Å². The van der Waals surface area contributed by atoms with Crippen molar-refractivity contribution in [3.05, 3.63) is 42.5 Å². The fraction of sp³-hybridized carbons (Fsp3) is 0.409. The number of nitrogens with one attached hydrogen (secondary N) is 1. The van der Waals surface area contributed by atoms with Gasteiger partial charge in [-0.25, -0.2) is 8.42 Å². The van der Waals surface area contributed by atoms with Crippen LogP contribution in [0.1, 0.15) is 6.92 Å². The van der Waals surface area contributed by atoms with E-state index >= 15 is 0 Å². The topological polar surface area (TPSA) is 97.4 Å². The zero-order valence-corrected chi connectivity index (χ0v) is 19.5. The van der Waals surface area contributed by atoms with Crippen molar-refractivity contribution < 1.29 is 27.4 Å². The number of ether oxygens (including phenoxy) is 3. The van der Waals surface area contributed by atoms with Crippen LogP contribution in [0.4, 0.5) is 5.69 Å². The molecule has 1 fully saturated rings. The second kappa shape index (κ2) is 10.1. The van der Waals surface area contributed by atoms with Crippen molar-refractivity contribution in [3.8, 4) is 17.2 Å². The van der Waals surface area contributed by atoms with E-state index in [2.05, 4.69) is 9.62 Å². The molecule has 0 aliphatic carbocycles. The molecule has 0 unspecified atom stereocenters. The van der Waals surface area contributed by atoms with E-state index in [9.17, 15) is 13.2 Å². The summed E-state index contributed by atoms with van der Waals surface area (Å²) < 4.78 is 43.6. The second-order valence-electron chi connectivity index (χ2n) is 7.37. The average Bonchev–Trinajstić information content (AvgIpc) is 2.82. The molecule has 3 rings (SSSR count). The van der Waals surface area contributed by atoms with Crippen molar-refractivity contribution >= 4 is 21.6 Å². The highest BCUT2D eigenvalue weighted by Gasteiger charge is 2.29. The Morgan fingerprint density at radius 3 is 2.09 bits per heavy atom. The second-order valence-corrected chi connectivity index (χ2v) is 9.08. The predicted octanol–water partition coefficient (Wildman–Crippen LogP) is 1.73. The standard InChI is InChI=1S/C22H29N3O6S/c1-16(23-32(27,28)19-9-10-20(30-3)21(15-19)31-4)22(26)25-13-11-24(12-14-25)17-5-7-18(29-2)8-6-17/h5-10,15-16,23H,11-14H2,1-4H3/t16-/m0/s1. The van der Waals surface area contributed by atoms with Gasteiger partial charge in [-0.1, -0.05) is 0 Å². The number of anilines is 1. The molecule has 1 atom stereocenters. The maximum Gasteiger partial charge on any atom is 0.241 e. The third-order valence-electron chi connectivity index (χ3n) is 5.40. The van der Waals surface area contributed by atoms with Crippen LogP contribution >= 0.6 is 0 Å². The molecule has 10 heteroatoms. The Kier molecular flexibility index (Phi) is 7.47. The molecule has 0 bridgehead atoms. The molecule has 1 aliphatic heterocycles. The Hall–Kier alpha value is -2.98. The van der Waals surface area contributed by atoms with Gasteiger partial charge in [0.15, 0.2) is 11.5 Å². The van der Waals surface area contributed by atoms with E-state index in [1.807, 2.05) is 24.3 Å².